The van der Waals surface area contributed by atoms with E-state index in [4.69, 9.17) is 10.8 Å². The molecule has 0 aliphatic carbocycles. The van der Waals surface area contributed by atoms with Gasteiger partial charge in [-0.1, -0.05) is 0 Å². The number of aromatic hydroxyl groups is 1. The first-order valence-corrected chi connectivity index (χ1v) is 2.77. The molecule has 1 rings (SSSR count). The maximum atomic E-state index is 10.8. The smallest absolute Gasteiger partial charge is 0.255 e. The Hall–Kier alpha value is -1.45. The Morgan fingerprint density at radius 2 is 2.20 bits per heavy atom. The van der Waals surface area contributed by atoms with Gasteiger partial charge in [-0.2, -0.15) is 0 Å². The summed E-state index contributed by atoms with van der Waals surface area (Å²) in [5.74, 6) is 0.158. The third-order valence-corrected chi connectivity index (χ3v) is 1.29. The number of nitrogens with two attached hydrogens (primary N) is 1. The van der Waals surface area contributed by atoms with E-state index in [1.165, 1.54) is 17.7 Å². The number of nitrogens with zero attached hydrogens (tertiary/aromatic N) is 1. The van der Waals surface area contributed by atoms with Crippen LogP contribution in [0.15, 0.2) is 16.9 Å². The lowest BCUT2D eigenvalue weighted by atomic mass is 10.4. The highest BCUT2D eigenvalue weighted by atomic mass is 16.3. The minimum absolute atomic E-state index is 0.0967. The fourth-order valence-electron chi connectivity index (χ4n) is 0.641. The number of aromatic nitrogens is 1. The molecule has 0 bridgehead atoms. The third-order valence-electron chi connectivity index (χ3n) is 1.29. The van der Waals surface area contributed by atoms with Crippen molar-refractivity contribution in [1.29, 1.82) is 0 Å². The lowest BCUT2D eigenvalue weighted by Gasteiger charge is -2.00. The van der Waals surface area contributed by atoms with Crippen molar-refractivity contribution in [1.82, 2.24) is 4.57 Å². The predicted molar refractivity (Wildman–Crippen MR) is 37.8 cm³/mol. The standard InChI is InChI=1S/C6H8N2O2/c1-8-5(7)2-4(9)3-6(8)10/h2-3,9H,7H2,1H3. The lowest BCUT2D eigenvalue weighted by Crippen LogP contribution is -2.17. The molecular weight excluding hydrogens is 132 g/mol. The molecule has 0 amide bonds. The molecule has 0 fully saturated rings. The van der Waals surface area contributed by atoms with E-state index in [0.29, 0.717) is 0 Å². The van der Waals surface area contributed by atoms with E-state index in [-0.39, 0.29) is 17.1 Å². The van der Waals surface area contributed by atoms with Gasteiger partial charge in [0.1, 0.15) is 11.6 Å². The Morgan fingerprint density at radius 3 is 2.70 bits per heavy atom. The quantitative estimate of drug-likeness (QED) is 0.518. The number of pyridine rings is 1. The summed E-state index contributed by atoms with van der Waals surface area (Å²) in [7, 11) is 1.54. The number of rotatable bonds is 0. The van der Waals surface area contributed by atoms with Crippen molar-refractivity contribution in [3.63, 3.8) is 0 Å². The summed E-state index contributed by atoms with van der Waals surface area (Å²) in [6, 6.07) is 2.43. The van der Waals surface area contributed by atoms with Crippen molar-refractivity contribution >= 4 is 5.82 Å². The van der Waals surface area contributed by atoms with Crippen molar-refractivity contribution in [2.24, 2.45) is 7.05 Å². The first kappa shape index (κ1) is 6.67. The topological polar surface area (TPSA) is 68.2 Å². The van der Waals surface area contributed by atoms with Crippen LogP contribution < -0.4 is 11.3 Å². The third kappa shape index (κ3) is 0.953. The first-order chi connectivity index (χ1) is 4.61. The van der Waals surface area contributed by atoms with E-state index in [0.717, 1.165) is 6.07 Å². The minimum Gasteiger partial charge on any atom is -0.508 e. The molecule has 0 saturated heterocycles. The van der Waals surface area contributed by atoms with Crippen LogP contribution in [0.3, 0.4) is 0 Å². The molecule has 54 valence electrons. The van der Waals surface area contributed by atoms with Crippen LogP contribution in [0.2, 0.25) is 0 Å². The zero-order valence-electron chi connectivity index (χ0n) is 5.53. The number of hydrogen-bond acceptors (Lipinski definition) is 3. The van der Waals surface area contributed by atoms with Crippen LogP contribution >= 0.6 is 0 Å². The highest BCUT2D eigenvalue weighted by molar-refractivity contribution is 5.36. The first-order valence-electron chi connectivity index (χ1n) is 2.77. The van der Waals surface area contributed by atoms with Crippen LogP contribution in [0.4, 0.5) is 5.82 Å². The van der Waals surface area contributed by atoms with E-state index in [1.807, 2.05) is 0 Å². The van der Waals surface area contributed by atoms with Gasteiger partial charge in [-0.3, -0.25) is 9.36 Å². The fraction of sp³-hybridized carbons (Fsp3) is 0.167. The molecule has 1 aromatic heterocycles. The van der Waals surface area contributed by atoms with E-state index in [1.54, 1.807) is 0 Å². The van der Waals surface area contributed by atoms with Gasteiger partial charge in [0, 0.05) is 19.2 Å². The highest BCUT2D eigenvalue weighted by Crippen LogP contribution is 2.07. The lowest BCUT2D eigenvalue weighted by molar-refractivity contribution is 0.473. The van der Waals surface area contributed by atoms with Crippen molar-refractivity contribution < 1.29 is 5.11 Å². The van der Waals surface area contributed by atoms with Gasteiger partial charge in [0.15, 0.2) is 0 Å². The molecule has 0 atom stereocenters. The normalized spacial score (nSPS) is 9.70. The average molecular weight is 140 g/mol. The van der Waals surface area contributed by atoms with Crippen LogP contribution in [-0.4, -0.2) is 9.67 Å². The molecule has 4 nitrogen and oxygen atoms in total. The van der Waals surface area contributed by atoms with E-state index in [2.05, 4.69) is 0 Å². The Morgan fingerprint density at radius 1 is 1.60 bits per heavy atom. The minimum atomic E-state index is -0.308. The average Bonchev–Trinajstić information content (AvgIpc) is 1.82. The Kier molecular flexibility index (Phi) is 1.37. The van der Waals surface area contributed by atoms with Gasteiger partial charge in [-0.25, -0.2) is 0 Å². The van der Waals surface area contributed by atoms with Crippen LogP contribution in [0.1, 0.15) is 0 Å². The zero-order chi connectivity index (χ0) is 7.72. The summed E-state index contributed by atoms with van der Waals surface area (Å²) in [6.07, 6.45) is 0. The molecule has 0 saturated carbocycles. The predicted octanol–water partition coefficient (Wildman–Crippen LogP) is -0.327. The van der Waals surface area contributed by atoms with E-state index >= 15 is 0 Å². The second kappa shape index (κ2) is 2.06. The molecule has 1 heterocycles. The molecule has 0 spiro atoms. The van der Waals surface area contributed by atoms with Crippen molar-refractivity contribution in [2.75, 3.05) is 5.73 Å². The fourth-order valence-corrected chi connectivity index (χ4v) is 0.641. The molecule has 0 aliphatic heterocycles. The molecule has 0 radical (unpaired) electrons. The van der Waals surface area contributed by atoms with Crippen LogP contribution in [-0.2, 0) is 7.05 Å². The number of anilines is 1. The molecule has 0 aromatic carbocycles. The van der Waals surface area contributed by atoms with E-state index < -0.39 is 0 Å². The SMILES string of the molecule is Cn1c(N)cc(O)cc1=O. The number of hydrogen-bond donors (Lipinski definition) is 2. The van der Waals surface area contributed by atoms with Crippen molar-refractivity contribution in [3.8, 4) is 5.75 Å². The monoisotopic (exact) mass is 140 g/mol. The maximum absolute atomic E-state index is 10.8. The van der Waals surface area contributed by atoms with E-state index in [9.17, 15) is 4.79 Å². The summed E-state index contributed by atoms with van der Waals surface area (Å²) >= 11 is 0. The van der Waals surface area contributed by atoms with Gasteiger partial charge in [0.2, 0.25) is 0 Å². The van der Waals surface area contributed by atoms with Gasteiger partial charge in [-0.15, -0.1) is 0 Å². The Balaban J connectivity index is 3.46. The van der Waals surface area contributed by atoms with Crippen molar-refractivity contribution in [2.45, 2.75) is 0 Å². The van der Waals surface area contributed by atoms with Crippen LogP contribution in [0.5, 0.6) is 5.75 Å². The molecule has 1 aromatic rings. The second-order valence-corrected chi connectivity index (χ2v) is 2.04. The Bertz CT molecular complexity index is 303. The van der Waals surface area contributed by atoms with Gasteiger partial charge in [0.25, 0.3) is 5.56 Å². The Labute approximate surface area is 57.5 Å². The van der Waals surface area contributed by atoms with Crippen molar-refractivity contribution in [3.05, 3.63) is 22.5 Å². The molecule has 0 aliphatic rings. The van der Waals surface area contributed by atoms with Gasteiger partial charge in [-0.05, 0) is 0 Å². The van der Waals surface area contributed by atoms with Gasteiger partial charge < -0.3 is 10.8 Å². The maximum Gasteiger partial charge on any atom is 0.255 e. The number of nitrogen functional groups attached to an aromatic ring is 1. The highest BCUT2D eigenvalue weighted by Gasteiger charge is 1.96. The summed E-state index contributed by atoms with van der Waals surface area (Å²) in [5.41, 5.74) is 5.02. The molecule has 10 heavy (non-hydrogen) atoms. The summed E-state index contributed by atoms with van der Waals surface area (Å²) < 4.78 is 1.25. The molecular formula is C6H8N2O2. The summed E-state index contributed by atoms with van der Waals surface area (Å²) in [6.45, 7) is 0. The van der Waals surface area contributed by atoms with Crippen LogP contribution in [0, 0.1) is 0 Å². The molecule has 0 unspecified atom stereocenters. The largest absolute Gasteiger partial charge is 0.508 e. The summed E-state index contributed by atoms with van der Waals surface area (Å²) in [4.78, 5) is 10.8. The molecule has 3 N–H and O–H groups in total. The second-order valence-electron chi connectivity index (χ2n) is 2.04. The molecule has 4 heteroatoms. The van der Waals surface area contributed by atoms with Gasteiger partial charge in [0.05, 0.1) is 0 Å². The zero-order valence-corrected chi connectivity index (χ0v) is 5.53. The van der Waals surface area contributed by atoms with Crippen LogP contribution in [0.25, 0.3) is 0 Å². The van der Waals surface area contributed by atoms with Gasteiger partial charge >= 0.3 is 0 Å². The summed E-state index contributed by atoms with van der Waals surface area (Å²) in [5, 5.41) is 8.82.